The molecule has 11 nitrogen and oxygen atoms in total. The van der Waals surface area contributed by atoms with Crippen LogP contribution in [0.15, 0.2) is 97.1 Å². The Morgan fingerprint density at radius 2 is 1.59 bits per heavy atom. The molecule has 2 unspecified atom stereocenters. The molecule has 5 rings (SSSR count). The molecule has 0 aliphatic carbocycles. The smallest absolute Gasteiger partial charge is 0.410 e. The van der Waals surface area contributed by atoms with Crippen LogP contribution in [0.4, 0.5) is 10.5 Å². The van der Waals surface area contributed by atoms with E-state index < -0.39 is 35.7 Å². The normalized spacial score (nSPS) is 15.8. The van der Waals surface area contributed by atoms with Gasteiger partial charge in [-0.2, -0.15) is 0 Å². The van der Waals surface area contributed by atoms with Crippen molar-refractivity contribution in [2.24, 2.45) is 5.73 Å². The molecule has 256 valence electrons. The minimum absolute atomic E-state index is 0.138. The molecule has 3 amide bonds. The minimum atomic E-state index is -1.17. The van der Waals surface area contributed by atoms with Gasteiger partial charge < -0.3 is 34.3 Å². The summed E-state index contributed by atoms with van der Waals surface area (Å²) in [5.74, 6) is 0.604. The summed E-state index contributed by atoms with van der Waals surface area (Å²) < 4.78 is 29.0. The van der Waals surface area contributed by atoms with Gasteiger partial charge in [0.15, 0.2) is 6.73 Å². The van der Waals surface area contributed by atoms with E-state index in [4.69, 9.17) is 29.4 Å². The molecule has 0 aromatic heterocycles. The van der Waals surface area contributed by atoms with Crippen molar-refractivity contribution < 1.29 is 38.1 Å². The molecule has 49 heavy (non-hydrogen) atoms. The Morgan fingerprint density at radius 1 is 0.857 bits per heavy atom. The highest BCUT2D eigenvalue weighted by Gasteiger charge is 2.38. The fourth-order valence-corrected chi connectivity index (χ4v) is 5.32. The fraction of sp³-hybridized carbons (Fsp3) is 0.289. The first-order valence-corrected chi connectivity index (χ1v) is 15.9. The highest BCUT2D eigenvalue weighted by molar-refractivity contribution is 6.00. The molecular formula is C38H41N3O8. The molecule has 1 aliphatic heterocycles. The van der Waals surface area contributed by atoms with E-state index in [1.165, 1.54) is 0 Å². The van der Waals surface area contributed by atoms with Gasteiger partial charge in [-0.15, -0.1) is 0 Å². The molecule has 1 heterocycles. The van der Waals surface area contributed by atoms with Crippen LogP contribution in [-0.4, -0.2) is 43.5 Å². The van der Waals surface area contributed by atoms with Gasteiger partial charge in [-0.25, -0.2) is 4.79 Å². The van der Waals surface area contributed by atoms with Crippen LogP contribution < -0.4 is 30.2 Å². The van der Waals surface area contributed by atoms with Gasteiger partial charge in [0.05, 0.1) is 25.8 Å². The summed E-state index contributed by atoms with van der Waals surface area (Å²) in [4.78, 5) is 40.0. The maximum Gasteiger partial charge on any atom is 0.410 e. The lowest BCUT2D eigenvalue weighted by Gasteiger charge is -2.25. The van der Waals surface area contributed by atoms with Gasteiger partial charge in [0.25, 0.3) is 5.91 Å². The molecule has 0 fully saturated rings. The molecule has 0 saturated heterocycles. The topological polar surface area (TPSA) is 139 Å². The zero-order valence-electron chi connectivity index (χ0n) is 28.0. The first-order chi connectivity index (χ1) is 23.5. The predicted octanol–water partition coefficient (Wildman–Crippen LogP) is 6.03. The minimum Gasteiger partial charge on any atom is -0.497 e. The average molecular weight is 668 g/mol. The molecule has 4 aromatic carbocycles. The van der Waals surface area contributed by atoms with E-state index in [1.54, 1.807) is 63.1 Å². The van der Waals surface area contributed by atoms with Crippen LogP contribution in [-0.2, 0) is 32.2 Å². The second-order valence-electron chi connectivity index (χ2n) is 12.5. The predicted molar refractivity (Wildman–Crippen MR) is 183 cm³/mol. The number of carbonyl (C=O) groups is 3. The van der Waals surface area contributed by atoms with Gasteiger partial charge in [-0.05, 0) is 79.9 Å². The summed E-state index contributed by atoms with van der Waals surface area (Å²) in [6, 6.07) is 29.9. The highest BCUT2D eigenvalue weighted by Crippen LogP contribution is 2.41. The van der Waals surface area contributed by atoms with Crippen molar-refractivity contribution >= 4 is 23.6 Å². The lowest BCUT2D eigenvalue weighted by Crippen LogP contribution is -2.41. The Labute approximate surface area is 285 Å². The third-order valence-corrected chi connectivity index (χ3v) is 7.56. The number of anilines is 1. The Kier molecular flexibility index (Phi) is 11.0. The Hall–Kier alpha value is -5.55. The fourth-order valence-electron chi connectivity index (χ4n) is 5.32. The molecule has 1 aliphatic rings. The molecule has 0 bridgehead atoms. The number of nitrogens with zero attached hydrogens (tertiary/aromatic N) is 1. The maximum absolute atomic E-state index is 14.1. The van der Waals surface area contributed by atoms with E-state index in [2.05, 4.69) is 5.32 Å². The summed E-state index contributed by atoms with van der Waals surface area (Å²) >= 11 is 0. The standard InChI is InChI=1S/C38H41N3O8/c1-38(2,3)49-37(44)40-24-47-30-12-8-11-27(19-30)35-31-20-29(45-4)17-18-32(31)41(36(43)33(48-35)21-34(39)42)22-25-13-15-28(16-14-25)46-23-26-9-6-5-7-10-26/h5-20,33,35H,21-24H2,1-4H3,(H2,39,42)(H,40,44). The number of hydrogen-bond acceptors (Lipinski definition) is 8. The monoisotopic (exact) mass is 667 g/mol. The summed E-state index contributed by atoms with van der Waals surface area (Å²) in [5.41, 5.74) is 8.73. The summed E-state index contributed by atoms with van der Waals surface area (Å²) in [6.45, 7) is 5.80. The number of methoxy groups -OCH3 is 1. The Bertz CT molecular complexity index is 1760. The van der Waals surface area contributed by atoms with Crippen LogP contribution in [0.5, 0.6) is 17.2 Å². The number of fused-ring (bicyclic) bond motifs is 1. The van der Waals surface area contributed by atoms with Crippen molar-refractivity contribution in [1.82, 2.24) is 5.32 Å². The zero-order chi connectivity index (χ0) is 35.0. The van der Waals surface area contributed by atoms with Gasteiger partial charge in [-0.3, -0.25) is 14.9 Å². The van der Waals surface area contributed by atoms with Crippen LogP contribution in [0.2, 0.25) is 0 Å². The number of ether oxygens (including phenoxy) is 5. The summed E-state index contributed by atoms with van der Waals surface area (Å²) in [6.07, 6.45) is -2.91. The van der Waals surface area contributed by atoms with Crippen LogP contribution >= 0.6 is 0 Å². The highest BCUT2D eigenvalue weighted by atomic mass is 16.6. The number of alkyl carbamates (subject to hydrolysis) is 1. The first kappa shape index (κ1) is 34.8. The van der Waals surface area contributed by atoms with Crippen molar-refractivity contribution in [2.45, 2.75) is 58.2 Å². The average Bonchev–Trinajstić information content (AvgIpc) is 3.18. The Balaban J connectivity index is 1.42. The van der Waals surface area contributed by atoms with Gasteiger partial charge in [0.1, 0.15) is 41.7 Å². The largest absolute Gasteiger partial charge is 0.497 e. The van der Waals surface area contributed by atoms with Crippen LogP contribution in [0, 0.1) is 0 Å². The van der Waals surface area contributed by atoms with E-state index in [0.29, 0.717) is 40.7 Å². The van der Waals surface area contributed by atoms with Gasteiger partial charge in [0.2, 0.25) is 5.91 Å². The third kappa shape index (κ3) is 9.51. The van der Waals surface area contributed by atoms with Crippen molar-refractivity contribution in [3.05, 3.63) is 119 Å². The molecule has 3 N–H and O–H groups in total. The van der Waals surface area contributed by atoms with Crippen LogP contribution in [0.25, 0.3) is 0 Å². The number of hydrogen-bond donors (Lipinski definition) is 2. The first-order valence-electron chi connectivity index (χ1n) is 15.9. The molecular weight excluding hydrogens is 626 g/mol. The van der Waals surface area contributed by atoms with Gasteiger partial charge >= 0.3 is 6.09 Å². The molecule has 4 aromatic rings. The van der Waals surface area contributed by atoms with Gasteiger partial charge in [0, 0.05) is 5.56 Å². The second-order valence-corrected chi connectivity index (χ2v) is 12.5. The SMILES string of the molecule is COc1ccc2c(c1)C(c1cccc(OCNC(=O)OC(C)(C)C)c1)OC(CC(N)=O)C(=O)N2Cc1ccc(OCc2ccccc2)cc1. The van der Waals surface area contributed by atoms with Crippen molar-refractivity contribution in [3.63, 3.8) is 0 Å². The van der Waals surface area contributed by atoms with Crippen LogP contribution in [0.1, 0.15) is 55.5 Å². The lowest BCUT2D eigenvalue weighted by molar-refractivity contribution is -0.137. The maximum atomic E-state index is 14.1. The second kappa shape index (κ2) is 15.6. The van der Waals surface area contributed by atoms with Crippen molar-refractivity contribution in [1.29, 1.82) is 0 Å². The molecule has 11 heteroatoms. The van der Waals surface area contributed by atoms with Gasteiger partial charge in [-0.1, -0.05) is 54.6 Å². The molecule has 0 radical (unpaired) electrons. The Morgan fingerprint density at radius 3 is 2.29 bits per heavy atom. The van der Waals surface area contributed by atoms with Crippen LogP contribution in [0.3, 0.4) is 0 Å². The molecule has 0 spiro atoms. The number of nitrogens with two attached hydrogens (primary N) is 1. The quantitative estimate of drug-likeness (QED) is 0.175. The van der Waals surface area contributed by atoms with E-state index >= 15 is 0 Å². The lowest BCUT2D eigenvalue weighted by atomic mass is 9.98. The third-order valence-electron chi connectivity index (χ3n) is 7.56. The molecule has 2 atom stereocenters. The molecule has 0 saturated carbocycles. The number of carbonyl (C=O) groups excluding carboxylic acids is 3. The van der Waals surface area contributed by atoms with E-state index in [1.807, 2.05) is 66.7 Å². The summed E-state index contributed by atoms with van der Waals surface area (Å²) in [5, 5.41) is 2.57. The number of rotatable bonds is 12. The van der Waals surface area contributed by atoms with Crippen molar-refractivity contribution in [3.8, 4) is 17.2 Å². The number of nitrogens with one attached hydrogen (secondary N) is 1. The van der Waals surface area contributed by atoms with Crippen molar-refractivity contribution in [2.75, 3.05) is 18.7 Å². The summed E-state index contributed by atoms with van der Waals surface area (Å²) in [7, 11) is 1.56. The zero-order valence-corrected chi connectivity index (χ0v) is 28.0. The number of primary amides is 1. The van der Waals surface area contributed by atoms with E-state index in [-0.39, 0.29) is 19.7 Å². The number of benzene rings is 4. The van der Waals surface area contributed by atoms with E-state index in [9.17, 15) is 14.4 Å². The van der Waals surface area contributed by atoms with E-state index in [0.717, 1.165) is 11.1 Å². The number of amides is 3.